The molecule has 0 fully saturated rings. The number of nitrogen functional groups attached to an aromatic ring is 1. The lowest BCUT2D eigenvalue weighted by Crippen LogP contribution is -2.11. The number of nitrogens with one attached hydrogen (secondary N) is 2. The second kappa shape index (κ2) is 6.88. The van der Waals surface area contributed by atoms with Crippen molar-refractivity contribution in [2.24, 2.45) is 0 Å². The molecule has 0 atom stereocenters. The predicted octanol–water partition coefficient (Wildman–Crippen LogP) is 3.24. The first-order valence-corrected chi connectivity index (χ1v) is 10.1. The van der Waals surface area contributed by atoms with Crippen LogP contribution in [0, 0.1) is 0 Å². The minimum absolute atomic E-state index is 0.111. The zero-order valence-corrected chi connectivity index (χ0v) is 16.9. The highest BCUT2D eigenvalue weighted by atomic mass is 32.1. The first-order chi connectivity index (χ1) is 14.5. The molecule has 0 saturated heterocycles. The minimum atomic E-state index is -0.281. The van der Waals surface area contributed by atoms with Gasteiger partial charge < -0.3 is 10.7 Å². The molecule has 0 aliphatic heterocycles. The van der Waals surface area contributed by atoms with Gasteiger partial charge >= 0.3 is 0 Å². The molecule has 0 aliphatic rings. The molecule has 0 spiro atoms. The standard InChI is InChI=1S/C19H17N9OS/c1-9(2)28-17-14(16(20)21-7-22-17)15(27-28)11-4-3-10-5-13(24-12(10)6-11)18(29)25-19-26-23-8-30-19/h3-9,24H,1-2H3,(H2,20,21,22)(H,25,26,29). The number of nitrogens with zero attached hydrogens (tertiary/aromatic N) is 6. The number of nitrogens with two attached hydrogens (primary N) is 1. The van der Waals surface area contributed by atoms with Crippen molar-refractivity contribution in [3.05, 3.63) is 41.8 Å². The number of aromatic amines is 1. The van der Waals surface area contributed by atoms with E-state index in [1.807, 2.05) is 36.7 Å². The Bertz CT molecular complexity index is 1380. The van der Waals surface area contributed by atoms with Gasteiger partial charge in [0.1, 0.15) is 29.0 Å². The number of hydrogen-bond acceptors (Lipinski definition) is 8. The van der Waals surface area contributed by atoms with Gasteiger partial charge in [-0.2, -0.15) is 5.10 Å². The van der Waals surface area contributed by atoms with Crippen molar-refractivity contribution in [2.45, 2.75) is 19.9 Å². The summed E-state index contributed by atoms with van der Waals surface area (Å²) in [5, 5.41) is 17.1. The number of anilines is 2. The molecular weight excluding hydrogens is 402 g/mol. The van der Waals surface area contributed by atoms with Gasteiger partial charge in [0, 0.05) is 22.5 Å². The summed E-state index contributed by atoms with van der Waals surface area (Å²) in [4.78, 5) is 24.1. The van der Waals surface area contributed by atoms with E-state index < -0.39 is 0 Å². The summed E-state index contributed by atoms with van der Waals surface area (Å²) in [6, 6.07) is 7.72. The minimum Gasteiger partial charge on any atom is -0.383 e. The van der Waals surface area contributed by atoms with E-state index in [1.165, 1.54) is 17.7 Å². The molecule has 30 heavy (non-hydrogen) atoms. The van der Waals surface area contributed by atoms with Crippen LogP contribution in [0.25, 0.3) is 33.2 Å². The van der Waals surface area contributed by atoms with Crippen LogP contribution < -0.4 is 11.1 Å². The number of aromatic nitrogens is 7. The summed E-state index contributed by atoms with van der Waals surface area (Å²) in [6.45, 7) is 4.07. The van der Waals surface area contributed by atoms with Crippen molar-refractivity contribution < 1.29 is 4.79 Å². The SMILES string of the molecule is CC(C)n1nc(-c2ccc3cc(C(=O)Nc4nncs4)[nH]c3c2)c2c(N)ncnc21. The van der Waals surface area contributed by atoms with Crippen molar-refractivity contribution in [3.8, 4) is 11.3 Å². The lowest BCUT2D eigenvalue weighted by Gasteiger charge is -2.05. The number of fused-ring (bicyclic) bond motifs is 2. The Balaban J connectivity index is 1.58. The fraction of sp³-hybridized carbons (Fsp3) is 0.158. The zero-order chi connectivity index (χ0) is 20.8. The maximum Gasteiger partial charge on any atom is 0.273 e. The quantitative estimate of drug-likeness (QED) is 0.406. The topological polar surface area (TPSA) is 140 Å². The lowest BCUT2D eigenvalue weighted by atomic mass is 10.1. The summed E-state index contributed by atoms with van der Waals surface area (Å²) >= 11 is 1.26. The summed E-state index contributed by atoms with van der Waals surface area (Å²) in [5.41, 5.74) is 11.2. The molecule has 4 aromatic heterocycles. The molecule has 150 valence electrons. The van der Waals surface area contributed by atoms with E-state index in [2.05, 4.69) is 30.5 Å². The molecule has 0 saturated carbocycles. The van der Waals surface area contributed by atoms with Gasteiger partial charge in [-0.1, -0.05) is 23.5 Å². The van der Waals surface area contributed by atoms with Gasteiger partial charge in [0.05, 0.1) is 5.39 Å². The zero-order valence-electron chi connectivity index (χ0n) is 16.1. The highest BCUT2D eigenvalue weighted by molar-refractivity contribution is 7.13. The molecule has 4 heterocycles. The van der Waals surface area contributed by atoms with Crippen LogP contribution in [-0.4, -0.2) is 40.8 Å². The van der Waals surface area contributed by atoms with Crippen LogP contribution in [-0.2, 0) is 0 Å². The molecule has 0 radical (unpaired) electrons. The molecule has 0 unspecified atom stereocenters. The van der Waals surface area contributed by atoms with Crippen molar-refractivity contribution in [3.63, 3.8) is 0 Å². The van der Waals surface area contributed by atoms with Crippen LogP contribution in [0.3, 0.4) is 0 Å². The van der Waals surface area contributed by atoms with E-state index in [-0.39, 0.29) is 11.9 Å². The van der Waals surface area contributed by atoms with E-state index in [1.54, 1.807) is 11.6 Å². The first-order valence-electron chi connectivity index (χ1n) is 9.20. The Hall–Kier alpha value is -3.86. The lowest BCUT2D eigenvalue weighted by molar-refractivity contribution is 0.102. The molecule has 0 aliphatic carbocycles. The molecule has 0 bridgehead atoms. The number of carbonyl (C=O) groups excluding carboxylic acids is 1. The van der Waals surface area contributed by atoms with E-state index in [9.17, 15) is 4.79 Å². The Morgan fingerprint density at radius 3 is 2.90 bits per heavy atom. The highest BCUT2D eigenvalue weighted by Crippen LogP contribution is 2.33. The summed E-state index contributed by atoms with van der Waals surface area (Å²) < 4.78 is 1.84. The largest absolute Gasteiger partial charge is 0.383 e. The van der Waals surface area contributed by atoms with Crippen LogP contribution in [0.4, 0.5) is 10.9 Å². The van der Waals surface area contributed by atoms with Crippen LogP contribution in [0.15, 0.2) is 36.1 Å². The van der Waals surface area contributed by atoms with E-state index in [0.717, 1.165) is 16.5 Å². The van der Waals surface area contributed by atoms with Crippen molar-refractivity contribution in [1.29, 1.82) is 0 Å². The average Bonchev–Trinajstić information content (AvgIpc) is 3.45. The van der Waals surface area contributed by atoms with Gasteiger partial charge in [-0.3, -0.25) is 10.1 Å². The van der Waals surface area contributed by atoms with Gasteiger partial charge in [0.25, 0.3) is 5.91 Å². The molecule has 1 aromatic carbocycles. The Morgan fingerprint density at radius 1 is 1.27 bits per heavy atom. The fourth-order valence-corrected chi connectivity index (χ4v) is 3.79. The van der Waals surface area contributed by atoms with Gasteiger partial charge in [0.2, 0.25) is 5.13 Å². The van der Waals surface area contributed by atoms with E-state index in [0.29, 0.717) is 33.4 Å². The third-order valence-electron chi connectivity index (χ3n) is 4.73. The number of amides is 1. The number of H-pyrrole nitrogens is 1. The van der Waals surface area contributed by atoms with E-state index >= 15 is 0 Å². The second-order valence-electron chi connectivity index (χ2n) is 7.03. The second-order valence-corrected chi connectivity index (χ2v) is 7.86. The molecule has 1 amide bonds. The van der Waals surface area contributed by atoms with Crippen LogP contribution in [0.2, 0.25) is 0 Å². The van der Waals surface area contributed by atoms with E-state index in [4.69, 9.17) is 10.8 Å². The Morgan fingerprint density at radius 2 is 2.13 bits per heavy atom. The van der Waals surface area contributed by atoms with Gasteiger partial charge in [-0.25, -0.2) is 14.6 Å². The number of rotatable bonds is 4. The number of benzene rings is 1. The first kappa shape index (κ1) is 18.2. The molecule has 4 N–H and O–H groups in total. The molecule has 10 nitrogen and oxygen atoms in total. The number of hydrogen-bond donors (Lipinski definition) is 3. The van der Waals surface area contributed by atoms with Crippen LogP contribution >= 0.6 is 11.3 Å². The summed E-state index contributed by atoms with van der Waals surface area (Å²) in [6.07, 6.45) is 1.44. The molecule has 11 heteroatoms. The van der Waals surface area contributed by atoms with Crippen molar-refractivity contribution in [2.75, 3.05) is 11.1 Å². The number of carbonyl (C=O) groups is 1. The summed E-state index contributed by atoms with van der Waals surface area (Å²) in [5.74, 6) is 0.0993. The Labute approximate surface area is 174 Å². The van der Waals surface area contributed by atoms with Crippen LogP contribution in [0.1, 0.15) is 30.4 Å². The van der Waals surface area contributed by atoms with Gasteiger partial charge in [0.15, 0.2) is 5.65 Å². The normalized spacial score (nSPS) is 11.6. The van der Waals surface area contributed by atoms with Gasteiger partial charge in [-0.15, -0.1) is 10.2 Å². The third-order valence-corrected chi connectivity index (χ3v) is 5.33. The summed E-state index contributed by atoms with van der Waals surface area (Å²) in [7, 11) is 0. The average molecular weight is 419 g/mol. The smallest absolute Gasteiger partial charge is 0.273 e. The maximum atomic E-state index is 12.5. The van der Waals surface area contributed by atoms with Gasteiger partial charge in [-0.05, 0) is 26.0 Å². The van der Waals surface area contributed by atoms with Crippen LogP contribution in [0.5, 0.6) is 0 Å². The fourth-order valence-electron chi connectivity index (χ4n) is 3.35. The predicted molar refractivity (Wildman–Crippen MR) is 115 cm³/mol. The monoisotopic (exact) mass is 419 g/mol. The molecular formula is C19H17N9OS. The molecule has 5 aromatic rings. The van der Waals surface area contributed by atoms with Crippen molar-refractivity contribution >= 4 is 50.1 Å². The maximum absolute atomic E-state index is 12.5. The Kier molecular flexibility index (Phi) is 4.17. The third kappa shape index (κ3) is 2.95. The van der Waals surface area contributed by atoms with Crippen molar-refractivity contribution in [1.82, 2.24) is 34.9 Å². The highest BCUT2D eigenvalue weighted by Gasteiger charge is 2.19. The molecule has 5 rings (SSSR count).